The van der Waals surface area contributed by atoms with Crippen molar-refractivity contribution in [1.29, 1.82) is 0 Å². The molecule has 1 aromatic carbocycles. The fourth-order valence-electron chi connectivity index (χ4n) is 1.83. The molecule has 0 spiro atoms. The molecule has 1 heterocycles. The predicted octanol–water partition coefficient (Wildman–Crippen LogP) is 1.34. The Labute approximate surface area is 104 Å². The molecule has 5 heteroatoms. The van der Waals surface area contributed by atoms with Crippen molar-refractivity contribution in [3.05, 3.63) is 64.6 Å². The van der Waals surface area contributed by atoms with Gasteiger partial charge in [-0.2, -0.15) is 0 Å². The molecule has 0 amide bonds. The van der Waals surface area contributed by atoms with Gasteiger partial charge in [-0.05, 0) is 19.2 Å². The standard InChI is InChI=1S/C13H14FN3O/c1-15-12(10-5-2-3-6-11(10)14)9-17-8-4-7-16-13(17)18/h2-8,12,15H,9H2,1H3. The van der Waals surface area contributed by atoms with Crippen LogP contribution in [0.3, 0.4) is 0 Å². The molecule has 18 heavy (non-hydrogen) atoms. The highest BCUT2D eigenvalue weighted by Crippen LogP contribution is 2.17. The van der Waals surface area contributed by atoms with Crippen molar-refractivity contribution < 1.29 is 4.39 Å². The maximum Gasteiger partial charge on any atom is 0.347 e. The third-order valence-corrected chi connectivity index (χ3v) is 2.79. The summed E-state index contributed by atoms with van der Waals surface area (Å²) < 4.78 is 15.1. The molecule has 4 nitrogen and oxygen atoms in total. The van der Waals surface area contributed by atoms with Crippen molar-refractivity contribution in [2.75, 3.05) is 7.05 Å². The first-order chi connectivity index (χ1) is 8.72. The molecular weight excluding hydrogens is 233 g/mol. The molecule has 0 saturated heterocycles. The SMILES string of the molecule is CNC(Cn1cccnc1=O)c1ccccc1F. The van der Waals surface area contributed by atoms with E-state index in [1.165, 1.54) is 16.8 Å². The summed E-state index contributed by atoms with van der Waals surface area (Å²) in [6.45, 7) is 0.337. The lowest BCUT2D eigenvalue weighted by Gasteiger charge is -2.18. The zero-order chi connectivity index (χ0) is 13.0. The molecule has 94 valence electrons. The summed E-state index contributed by atoms with van der Waals surface area (Å²) in [7, 11) is 1.73. The molecule has 0 aliphatic heterocycles. The minimum atomic E-state index is -0.339. The average molecular weight is 247 g/mol. The van der Waals surface area contributed by atoms with Crippen LogP contribution in [-0.4, -0.2) is 16.6 Å². The smallest absolute Gasteiger partial charge is 0.311 e. The Morgan fingerprint density at radius 2 is 2.17 bits per heavy atom. The Hall–Kier alpha value is -2.01. The summed E-state index contributed by atoms with van der Waals surface area (Å²) in [5.41, 5.74) is 0.199. The first kappa shape index (κ1) is 12.4. The molecule has 0 saturated carbocycles. The van der Waals surface area contributed by atoms with Gasteiger partial charge in [-0.1, -0.05) is 18.2 Å². The largest absolute Gasteiger partial charge is 0.347 e. The number of nitrogens with zero attached hydrogens (tertiary/aromatic N) is 2. The van der Waals surface area contributed by atoms with E-state index in [9.17, 15) is 9.18 Å². The summed E-state index contributed by atoms with van der Waals surface area (Å²) in [6.07, 6.45) is 3.08. The van der Waals surface area contributed by atoms with Crippen molar-refractivity contribution in [2.24, 2.45) is 0 Å². The lowest BCUT2D eigenvalue weighted by atomic mass is 10.1. The minimum absolute atomic E-state index is 0.270. The van der Waals surface area contributed by atoms with Crippen LogP contribution in [0, 0.1) is 5.82 Å². The van der Waals surface area contributed by atoms with Gasteiger partial charge in [0.25, 0.3) is 0 Å². The van der Waals surface area contributed by atoms with Gasteiger partial charge in [-0.3, -0.25) is 4.57 Å². The molecule has 0 radical (unpaired) electrons. The molecule has 0 bridgehead atoms. The van der Waals surface area contributed by atoms with E-state index in [0.29, 0.717) is 12.1 Å². The van der Waals surface area contributed by atoms with E-state index in [0.717, 1.165) is 0 Å². The van der Waals surface area contributed by atoms with E-state index in [1.54, 1.807) is 37.5 Å². The maximum atomic E-state index is 13.7. The number of benzene rings is 1. The second-order valence-electron chi connectivity index (χ2n) is 3.92. The van der Waals surface area contributed by atoms with Gasteiger partial charge >= 0.3 is 5.69 Å². The summed E-state index contributed by atoms with van der Waals surface area (Å²) in [5, 5.41) is 3.01. The van der Waals surface area contributed by atoms with Crippen molar-refractivity contribution in [1.82, 2.24) is 14.9 Å². The van der Waals surface area contributed by atoms with Gasteiger partial charge in [-0.15, -0.1) is 0 Å². The quantitative estimate of drug-likeness (QED) is 0.887. The zero-order valence-corrected chi connectivity index (χ0v) is 10.0. The highest BCUT2D eigenvalue weighted by molar-refractivity contribution is 5.21. The van der Waals surface area contributed by atoms with E-state index < -0.39 is 0 Å². The van der Waals surface area contributed by atoms with Gasteiger partial charge in [0.05, 0.1) is 6.04 Å². The number of halogens is 1. The first-order valence-corrected chi connectivity index (χ1v) is 5.65. The summed E-state index contributed by atoms with van der Waals surface area (Å²) >= 11 is 0. The monoisotopic (exact) mass is 247 g/mol. The van der Waals surface area contributed by atoms with E-state index in [2.05, 4.69) is 10.3 Å². The highest BCUT2D eigenvalue weighted by Gasteiger charge is 2.14. The van der Waals surface area contributed by atoms with Crippen molar-refractivity contribution in [3.63, 3.8) is 0 Å². The molecule has 1 atom stereocenters. The third kappa shape index (κ3) is 2.62. The van der Waals surface area contributed by atoms with Crippen LogP contribution in [0.4, 0.5) is 4.39 Å². The molecule has 1 aromatic heterocycles. The van der Waals surface area contributed by atoms with E-state index in [4.69, 9.17) is 0 Å². The molecule has 1 N–H and O–H groups in total. The molecule has 2 aromatic rings. The van der Waals surface area contributed by atoms with Gasteiger partial charge in [0.2, 0.25) is 0 Å². The van der Waals surface area contributed by atoms with Gasteiger partial charge in [-0.25, -0.2) is 14.2 Å². The summed E-state index contributed by atoms with van der Waals surface area (Å²) in [6, 6.07) is 7.93. The van der Waals surface area contributed by atoms with Crippen LogP contribution in [-0.2, 0) is 6.54 Å². The number of hydrogen-bond donors (Lipinski definition) is 1. The van der Waals surface area contributed by atoms with Gasteiger partial charge in [0.1, 0.15) is 5.82 Å². The van der Waals surface area contributed by atoms with Crippen molar-refractivity contribution in [2.45, 2.75) is 12.6 Å². The Morgan fingerprint density at radius 3 is 2.83 bits per heavy atom. The highest BCUT2D eigenvalue weighted by atomic mass is 19.1. The van der Waals surface area contributed by atoms with E-state index in [1.807, 2.05) is 0 Å². The van der Waals surface area contributed by atoms with E-state index >= 15 is 0 Å². The Bertz CT molecular complexity index is 582. The summed E-state index contributed by atoms with van der Waals surface area (Å²) in [5.74, 6) is -0.284. The molecule has 2 rings (SSSR count). The Morgan fingerprint density at radius 1 is 1.39 bits per heavy atom. The predicted molar refractivity (Wildman–Crippen MR) is 66.7 cm³/mol. The number of hydrogen-bond acceptors (Lipinski definition) is 3. The lowest BCUT2D eigenvalue weighted by Crippen LogP contribution is -2.29. The average Bonchev–Trinajstić information content (AvgIpc) is 2.39. The van der Waals surface area contributed by atoms with Crippen LogP contribution < -0.4 is 11.0 Å². The van der Waals surface area contributed by atoms with Crippen LogP contribution in [0.5, 0.6) is 0 Å². The Balaban J connectivity index is 2.29. The normalized spacial score (nSPS) is 12.3. The molecular formula is C13H14FN3O. The van der Waals surface area contributed by atoms with Gasteiger partial charge in [0.15, 0.2) is 0 Å². The van der Waals surface area contributed by atoms with Crippen LogP contribution in [0.25, 0.3) is 0 Å². The lowest BCUT2D eigenvalue weighted by molar-refractivity contribution is 0.462. The van der Waals surface area contributed by atoms with Crippen molar-refractivity contribution >= 4 is 0 Å². The fraction of sp³-hybridized carbons (Fsp3) is 0.231. The Kier molecular flexibility index (Phi) is 3.84. The number of aromatic nitrogens is 2. The van der Waals surface area contributed by atoms with Crippen LogP contribution in [0.1, 0.15) is 11.6 Å². The molecule has 0 fully saturated rings. The molecule has 1 unspecified atom stereocenters. The maximum absolute atomic E-state index is 13.7. The van der Waals surface area contributed by atoms with Gasteiger partial charge < -0.3 is 5.32 Å². The van der Waals surface area contributed by atoms with Crippen molar-refractivity contribution in [3.8, 4) is 0 Å². The van der Waals surface area contributed by atoms with Crippen LogP contribution in [0.15, 0.2) is 47.5 Å². The van der Waals surface area contributed by atoms with E-state index in [-0.39, 0.29) is 17.5 Å². The minimum Gasteiger partial charge on any atom is -0.311 e. The number of nitrogens with one attached hydrogen (secondary N) is 1. The number of likely N-dealkylation sites (N-methyl/N-ethyl adjacent to an activating group) is 1. The second-order valence-corrected chi connectivity index (χ2v) is 3.92. The van der Waals surface area contributed by atoms with Gasteiger partial charge in [0, 0.05) is 24.5 Å². The summed E-state index contributed by atoms with van der Waals surface area (Å²) in [4.78, 5) is 15.2. The molecule has 0 aliphatic rings. The second kappa shape index (κ2) is 5.55. The zero-order valence-electron chi connectivity index (χ0n) is 10.0. The number of rotatable bonds is 4. The topological polar surface area (TPSA) is 46.9 Å². The molecule has 0 aliphatic carbocycles. The fourth-order valence-corrected chi connectivity index (χ4v) is 1.83. The first-order valence-electron chi connectivity index (χ1n) is 5.65. The van der Waals surface area contributed by atoms with Crippen LogP contribution >= 0.6 is 0 Å². The van der Waals surface area contributed by atoms with Crippen LogP contribution in [0.2, 0.25) is 0 Å². The third-order valence-electron chi connectivity index (χ3n) is 2.79.